The lowest BCUT2D eigenvalue weighted by atomic mass is 10.1. The number of hydrogen-bond acceptors (Lipinski definition) is 4. The zero-order valence-corrected chi connectivity index (χ0v) is 17.4. The maximum Gasteiger partial charge on any atom is 0.337 e. The number of aromatic amines is 1. The minimum atomic E-state index is -0.988. The molecule has 0 aliphatic heterocycles. The number of benzene rings is 2. The minimum Gasteiger partial charge on any atom is -0.478 e. The molecule has 0 spiro atoms. The number of nitrogens with one attached hydrogen (secondary N) is 1. The highest BCUT2D eigenvalue weighted by Gasteiger charge is 2.19. The van der Waals surface area contributed by atoms with E-state index >= 15 is 0 Å². The van der Waals surface area contributed by atoms with Crippen LogP contribution in [0.25, 0.3) is 33.3 Å². The summed E-state index contributed by atoms with van der Waals surface area (Å²) in [6.07, 6.45) is 1.51. The Bertz CT molecular complexity index is 1460. The quantitative estimate of drug-likeness (QED) is 0.440. The summed E-state index contributed by atoms with van der Waals surface area (Å²) >= 11 is 0. The lowest BCUT2D eigenvalue weighted by molar-refractivity contribution is 0.0698. The van der Waals surface area contributed by atoms with Crippen LogP contribution in [0.2, 0.25) is 0 Å². The number of carboxylic acid groups (broad SMARTS) is 1. The minimum absolute atomic E-state index is 0.197. The van der Waals surface area contributed by atoms with E-state index < -0.39 is 5.97 Å². The fraction of sp³-hybridized carbons (Fsp3) is 0.125. The van der Waals surface area contributed by atoms with Crippen LogP contribution >= 0.6 is 0 Å². The van der Waals surface area contributed by atoms with Crippen molar-refractivity contribution in [2.45, 2.75) is 6.92 Å². The van der Waals surface area contributed by atoms with E-state index in [1.54, 1.807) is 0 Å². The number of aromatic nitrogens is 4. The smallest absolute Gasteiger partial charge is 0.337 e. The number of aromatic carboxylic acids is 1. The lowest BCUT2D eigenvalue weighted by Crippen LogP contribution is -2.10. The standard InChI is InChI=1S/C24H21N5O2/c1-14-6-4-7-15(12-14)28(2)20-9-5-8-16-22(20)27-29(3)23(16)19-13-18-21(26-19)17(24(30)31)10-11-25-18/h4-13,26H,1-3H3,(H,30,31). The number of pyridine rings is 1. The summed E-state index contributed by atoms with van der Waals surface area (Å²) < 4.78 is 1.82. The normalized spacial score (nSPS) is 11.3. The molecule has 2 N–H and O–H groups in total. The summed E-state index contributed by atoms with van der Waals surface area (Å²) in [5.41, 5.74) is 7.10. The molecule has 0 aliphatic rings. The van der Waals surface area contributed by atoms with Gasteiger partial charge < -0.3 is 15.0 Å². The van der Waals surface area contributed by atoms with E-state index in [-0.39, 0.29) is 5.56 Å². The third-order valence-corrected chi connectivity index (χ3v) is 5.60. The molecule has 7 heteroatoms. The van der Waals surface area contributed by atoms with E-state index in [0.29, 0.717) is 11.0 Å². The first-order valence-corrected chi connectivity index (χ1v) is 9.91. The van der Waals surface area contributed by atoms with Gasteiger partial charge in [0.1, 0.15) is 5.52 Å². The van der Waals surface area contributed by atoms with Crippen LogP contribution in [0.4, 0.5) is 11.4 Å². The van der Waals surface area contributed by atoms with Gasteiger partial charge in [0.15, 0.2) is 0 Å². The number of aryl methyl sites for hydroxylation is 2. The molecule has 0 bridgehead atoms. The van der Waals surface area contributed by atoms with Crippen LogP contribution in [0.15, 0.2) is 60.8 Å². The molecular formula is C24H21N5O2. The molecule has 5 aromatic rings. The van der Waals surface area contributed by atoms with Gasteiger partial charge in [-0.2, -0.15) is 5.10 Å². The number of nitrogens with zero attached hydrogens (tertiary/aromatic N) is 4. The Morgan fingerprint density at radius 1 is 1.13 bits per heavy atom. The zero-order chi connectivity index (χ0) is 21.7. The molecule has 0 atom stereocenters. The van der Waals surface area contributed by atoms with Gasteiger partial charge in [0.05, 0.1) is 33.7 Å². The molecule has 154 valence electrons. The number of rotatable bonds is 4. The Morgan fingerprint density at radius 2 is 1.94 bits per heavy atom. The predicted molar refractivity (Wildman–Crippen MR) is 122 cm³/mol. The average Bonchev–Trinajstić information content (AvgIpc) is 3.32. The second kappa shape index (κ2) is 6.98. The SMILES string of the molecule is Cc1cccc(N(C)c2cccc3c(-c4cc5nccc(C(=O)O)c5[nH]4)n(C)nc23)c1. The molecule has 0 amide bonds. The third kappa shape index (κ3) is 3.02. The lowest BCUT2D eigenvalue weighted by Gasteiger charge is -2.20. The van der Waals surface area contributed by atoms with Crippen molar-refractivity contribution < 1.29 is 9.90 Å². The molecular weight excluding hydrogens is 390 g/mol. The molecule has 0 saturated carbocycles. The summed E-state index contributed by atoms with van der Waals surface area (Å²) in [5, 5.41) is 15.3. The van der Waals surface area contributed by atoms with Gasteiger partial charge in [-0.15, -0.1) is 0 Å². The van der Waals surface area contributed by atoms with E-state index in [1.165, 1.54) is 17.8 Å². The first-order valence-electron chi connectivity index (χ1n) is 9.91. The Morgan fingerprint density at radius 3 is 2.71 bits per heavy atom. The molecule has 31 heavy (non-hydrogen) atoms. The van der Waals surface area contributed by atoms with Crippen molar-refractivity contribution in [2.24, 2.45) is 7.05 Å². The summed E-state index contributed by atoms with van der Waals surface area (Å²) in [6, 6.07) is 17.8. The topological polar surface area (TPSA) is 87.0 Å². The van der Waals surface area contributed by atoms with Gasteiger partial charge in [-0.25, -0.2) is 4.79 Å². The van der Waals surface area contributed by atoms with Crippen LogP contribution in [0.3, 0.4) is 0 Å². The fourth-order valence-electron chi connectivity index (χ4n) is 4.10. The maximum atomic E-state index is 11.6. The van der Waals surface area contributed by atoms with Crippen LogP contribution in [-0.4, -0.2) is 37.9 Å². The van der Waals surface area contributed by atoms with E-state index in [2.05, 4.69) is 46.1 Å². The predicted octanol–water partition coefficient (Wildman–Crippen LogP) is 4.89. The Hall–Kier alpha value is -4.13. The van der Waals surface area contributed by atoms with Gasteiger partial charge in [-0.1, -0.05) is 24.3 Å². The second-order valence-electron chi connectivity index (χ2n) is 7.65. The molecule has 2 aromatic carbocycles. The molecule has 3 heterocycles. The van der Waals surface area contributed by atoms with Gasteiger partial charge in [0.2, 0.25) is 0 Å². The van der Waals surface area contributed by atoms with Crippen LogP contribution in [0.5, 0.6) is 0 Å². The van der Waals surface area contributed by atoms with Gasteiger partial charge in [-0.05, 0) is 42.8 Å². The average molecular weight is 411 g/mol. The largest absolute Gasteiger partial charge is 0.478 e. The monoisotopic (exact) mass is 411 g/mol. The number of carbonyl (C=O) groups is 1. The van der Waals surface area contributed by atoms with Crippen molar-refractivity contribution in [1.29, 1.82) is 0 Å². The van der Waals surface area contributed by atoms with Crippen molar-refractivity contribution in [3.63, 3.8) is 0 Å². The Balaban J connectivity index is 1.69. The van der Waals surface area contributed by atoms with Crippen LogP contribution < -0.4 is 4.90 Å². The molecule has 0 unspecified atom stereocenters. The van der Waals surface area contributed by atoms with Crippen molar-refractivity contribution >= 4 is 39.3 Å². The molecule has 5 rings (SSSR count). The van der Waals surface area contributed by atoms with E-state index in [0.717, 1.165) is 33.7 Å². The second-order valence-corrected chi connectivity index (χ2v) is 7.65. The van der Waals surface area contributed by atoms with E-state index in [4.69, 9.17) is 5.10 Å². The Kier molecular flexibility index (Phi) is 4.25. The van der Waals surface area contributed by atoms with Crippen molar-refractivity contribution in [3.8, 4) is 11.4 Å². The first-order chi connectivity index (χ1) is 14.9. The van der Waals surface area contributed by atoms with E-state index in [9.17, 15) is 9.90 Å². The molecule has 7 nitrogen and oxygen atoms in total. The van der Waals surface area contributed by atoms with Gasteiger partial charge in [0.25, 0.3) is 0 Å². The van der Waals surface area contributed by atoms with Crippen molar-refractivity contribution in [2.75, 3.05) is 11.9 Å². The van der Waals surface area contributed by atoms with Gasteiger partial charge >= 0.3 is 5.97 Å². The number of carboxylic acids is 1. The first kappa shape index (κ1) is 18.9. The van der Waals surface area contributed by atoms with E-state index in [1.807, 2.05) is 43.0 Å². The highest BCUT2D eigenvalue weighted by atomic mass is 16.4. The number of fused-ring (bicyclic) bond motifs is 2. The van der Waals surface area contributed by atoms with Crippen molar-refractivity contribution in [1.82, 2.24) is 19.7 Å². The summed E-state index contributed by atoms with van der Waals surface area (Å²) in [4.78, 5) is 21.3. The van der Waals surface area contributed by atoms with Gasteiger partial charge in [0, 0.05) is 31.4 Å². The summed E-state index contributed by atoms with van der Waals surface area (Å²) in [5.74, 6) is -0.988. The number of hydrogen-bond donors (Lipinski definition) is 2. The molecule has 0 saturated heterocycles. The highest BCUT2D eigenvalue weighted by Crippen LogP contribution is 2.36. The summed E-state index contributed by atoms with van der Waals surface area (Å²) in [6.45, 7) is 2.08. The summed E-state index contributed by atoms with van der Waals surface area (Å²) in [7, 11) is 3.92. The van der Waals surface area contributed by atoms with Crippen LogP contribution in [-0.2, 0) is 7.05 Å². The van der Waals surface area contributed by atoms with Crippen molar-refractivity contribution in [3.05, 3.63) is 71.9 Å². The number of H-pyrrole nitrogens is 1. The zero-order valence-electron chi connectivity index (χ0n) is 17.4. The maximum absolute atomic E-state index is 11.6. The number of anilines is 2. The van der Waals surface area contributed by atoms with Crippen LogP contribution in [0, 0.1) is 6.92 Å². The molecule has 3 aromatic heterocycles. The Labute approximate surface area is 178 Å². The molecule has 0 fully saturated rings. The third-order valence-electron chi connectivity index (χ3n) is 5.60. The molecule has 0 aliphatic carbocycles. The highest BCUT2D eigenvalue weighted by molar-refractivity contribution is 6.05. The fourth-order valence-corrected chi connectivity index (χ4v) is 4.10. The van der Waals surface area contributed by atoms with Gasteiger partial charge in [-0.3, -0.25) is 9.67 Å². The molecule has 0 radical (unpaired) electrons. The van der Waals surface area contributed by atoms with Crippen LogP contribution in [0.1, 0.15) is 15.9 Å².